The molecule has 0 unspecified atom stereocenters. The van der Waals surface area contributed by atoms with E-state index in [-0.39, 0.29) is 12.5 Å². The number of allylic oxidation sites excluding steroid dienone is 3. The Hall–Kier alpha value is -2.90. The lowest BCUT2D eigenvalue weighted by atomic mass is 10.2. The van der Waals surface area contributed by atoms with E-state index in [0.717, 1.165) is 34.2 Å². The second-order valence-electron chi connectivity index (χ2n) is 5.62. The molecule has 0 spiro atoms. The minimum atomic E-state index is -0.104. The Morgan fingerprint density at radius 3 is 2.37 bits per heavy atom. The van der Waals surface area contributed by atoms with E-state index in [0.29, 0.717) is 5.70 Å². The molecule has 1 heterocycles. The standard InChI is InChI=1S/C13H15NO2S.C8H11NO.C2H6O/c1-4-9-8-17-13(14-9)11-6-5-10(15-2)7-12(11)16-3;1-4-6-8(5-2)9-7(3)10;1-2-3/h5-8H,4H2,1-3H3;4-6H,1-2H2,3H3,(H,9,10);3H,2H2,1H3/b;8-6+;. The van der Waals surface area contributed by atoms with Crippen LogP contribution in [0.4, 0.5) is 0 Å². The number of carbonyl (C=O) groups excluding carboxylic acids is 1. The number of amides is 1. The van der Waals surface area contributed by atoms with Crippen molar-refractivity contribution in [3.63, 3.8) is 0 Å². The van der Waals surface area contributed by atoms with E-state index in [1.54, 1.807) is 50.7 Å². The number of aliphatic hydroxyl groups excluding tert-OH is 1. The number of hydrogen-bond donors (Lipinski definition) is 2. The topological polar surface area (TPSA) is 80.7 Å². The van der Waals surface area contributed by atoms with Gasteiger partial charge in [-0.1, -0.05) is 26.2 Å². The summed E-state index contributed by atoms with van der Waals surface area (Å²) in [7, 11) is 3.31. The zero-order chi connectivity index (χ0) is 22.9. The van der Waals surface area contributed by atoms with Crippen LogP contribution in [-0.4, -0.2) is 36.8 Å². The number of rotatable bonds is 7. The highest BCUT2D eigenvalue weighted by Crippen LogP contribution is 2.34. The van der Waals surface area contributed by atoms with Crippen molar-refractivity contribution in [2.75, 3.05) is 20.8 Å². The van der Waals surface area contributed by atoms with Crippen molar-refractivity contribution >= 4 is 17.2 Å². The quantitative estimate of drug-likeness (QED) is 0.616. The maximum Gasteiger partial charge on any atom is 0.221 e. The van der Waals surface area contributed by atoms with Crippen molar-refractivity contribution in [1.29, 1.82) is 0 Å². The first-order valence-corrected chi connectivity index (χ1v) is 10.3. The maximum atomic E-state index is 10.5. The van der Waals surface area contributed by atoms with Gasteiger partial charge < -0.3 is 19.9 Å². The minimum Gasteiger partial charge on any atom is -0.497 e. The third kappa shape index (κ3) is 10.0. The molecule has 0 atom stereocenters. The van der Waals surface area contributed by atoms with Crippen molar-refractivity contribution in [3.8, 4) is 22.1 Å². The summed E-state index contributed by atoms with van der Waals surface area (Å²) < 4.78 is 10.5. The van der Waals surface area contributed by atoms with Crippen molar-refractivity contribution in [3.05, 3.63) is 66.4 Å². The fraction of sp³-hybridized carbons (Fsp3) is 0.304. The number of carbonyl (C=O) groups is 1. The van der Waals surface area contributed by atoms with Gasteiger partial charge in [0.2, 0.25) is 5.91 Å². The van der Waals surface area contributed by atoms with Crippen molar-refractivity contribution in [2.24, 2.45) is 0 Å². The highest BCUT2D eigenvalue weighted by molar-refractivity contribution is 7.13. The molecular formula is C23H32N2O4S. The Morgan fingerprint density at radius 2 is 1.93 bits per heavy atom. The van der Waals surface area contributed by atoms with Crippen LogP contribution in [0.25, 0.3) is 10.6 Å². The molecule has 2 N–H and O–H groups in total. The molecule has 0 aliphatic rings. The van der Waals surface area contributed by atoms with Gasteiger partial charge in [-0.05, 0) is 37.6 Å². The summed E-state index contributed by atoms with van der Waals surface area (Å²) in [4.78, 5) is 15.0. The smallest absolute Gasteiger partial charge is 0.221 e. The van der Waals surface area contributed by atoms with E-state index in [4.69, 9.17) is 14.6 Å². The van der Waals surface area contributed by atoms with Gasteiger partial charge in [0.15, 0.2) is 0 Å². The molecule has 0 fully saturated rings. The molecule has 0 bridgehead atoms. The summed E-state index contributed by atoms with van der Waals surface area (Å²) in [5.41, 5.74) is 2.79. The molecule has 30 heavy (non-hydrogen) atoms. The number of nitrogens with zero attached hydrogens (tertiary/aromatic N) is 1. The maximum absolute atomic E-state index is 10.5. The minimum absolute atomic E-state index is 0.104. The van der Waals surface area contributed by atoms with E-state index in [9.17, 15) is 4.79 Å². The van der Waals surface area contributed by atoms with E-state index in [1.165, 1.54) is 6.92 Å². The Labute approximate surface area is 183 Å². The molecule has 2 rings (SSSR count). The molecule has 0 aliphatic heterocycles. The summed E-state index contributed by atoms with van der Waals surface area (Å²) in [6, 6.07) is 5.78. The van der Waals surface area contributed by atoms with Crippen LogP contribution in [-0.2, 0) is 11.2 Å². The van der Waals surface area contributed by atoms with Crippen LogP contribution < -0.4 is 14.8 Å². The van der Waals surface area contributed by atoms with Crippen molar-refractivity contribution in [2.45, 2.75) is 27.2 Å². The number of hydrogen-bond acceptors (Lipinski definition) is 6. The SMILES string of the molecule is C=C/C=C(\C=C)NC(C)=O.CCO.CCc1csc(-c2ccc(OC)cc2OC)n1. The summed E-state index contributed by atoms with van der Waals surface area (Å²) >= 11 is 1.64. The molecule has 0 radical (unpaired) electrons. The van der Waals surface area contributed by atoms with Gasteiger partial charge >= 0.3 is 0 Å². The molecule has 6 nitrogen and oxygen atoms in total. The normalized spacial score (nSPS) is 9.87. The average molecular weight is 433 g/mol. The highest BCUT2D eigenvalue weighted by atomic mass is 32.1. The van der Waals surface area contributed by atoms with Crippen LogP contribution in [0.3, 0.4) is 0 Å². The summed E-state index contributed by atoms with van der Waals surface area (Å²) in [5.74, 6) is 1.48. The van der Waals surface area contributed by atoms with E-state index < -0.39 is 0 Å². The number of ether oxygens (including phenoxy) is 2. The number of benzene rings is 1. The average Bonchev–Trinajstić information content (AvgIpc) is 3.22. The van der Waals surface area contributed by atoms with Gasteiger partial charge in [0, 0.05) is 30.7 Å². The lowest BCUT2D eigenvalue weighted by molar-refractivity contribution is -0.118. The lowest BCUT2D eigenvalue weighted by Gasteiger charge is -2.08. The van der Waals surface area contributed by atoms with Crippen LogP contribution >= 0.6 is 11.3 Å². The number of aromatic nitrogens is 1. The molecule has 164 valence electrons. The van der Waals surface area contributed by atoms with Crippen LogP contribution in [0.2, 0.25) is 0 Å². The highest BCUT2D eigenvalue weighted by Gasteiger charge is 2.10. The molecule has 1 aromatic carbocycles. The van der Waals surface area contributed by atoms with E-state index in [2.05, 4.69) is 35.8 Å². The van der Waals surface area contributed by atoms with Crippen LogP contribution in [0, 0.1) is 0 Å². The zero-order valence-electron chi connectivity index (χ0n) is 18.4. The number of aliphatic hydroxyl groups is 1. The second-order valence-corrected chi connectivity index (χ2v) is 6.48. The number of aryl methyl sites for hydroxylation is 1. The van der Waals surface area contributed by atoms with Crippen LogP contribution in [0.1, 0.15) is 26.5 Å². The third-order valence-electron chi connectivity index (χ3n) is 3.39. The Bertz CT molecular complexity index is 828. The predicted molar refractivity (Wildman–Crippen MR) is 125 cm³/mol. The molecule has 0 saturated carbocycles. The molecular weight excluding hydrogens is 400 g/mol. The first-order chi connectivity index (χ1) is 14.4. The first kappa shape index (κ1) is 27.1. The van der Waals surface area contributed by atoms with Gasteiger partial charge in [0.25, 0.3) is 0 Å². The molecule has 2 aromatic rings. The van der Waals surface area contributed by atoms with Crippen molar-refractivity contribution in [1.82, 2.24) is 10.3 Å². The molecule has 1 amide bonds. The monoisotopic (exact) mass is 432 g/mol. The fourth-order valence-corrected chi connectivity index (χ4v) is 2.99. The zero-order valence-corrected chi connectivity index (χ0v) is 19.2. The van der Waals surface area contributed by atoms with Gasteiger partial charge in [-0.3, -0.25) is 4.79 Å². The lowest BCUT2D eigenvalue weighted by Crippen LogP contribution is -2.17. The molecule has 0 saturated heterocycles. The molecule has 7 heteroatoms. The van der Waals surface area contributed by atoms with Gasteiger partial charge in [-0.15, -0.1) is 11.3 Å². The Balaban J connectivity index is 0.000000554. The number of thiazole rings is 1. The van der Waals surface area contributed by atoms with Crippen molar-refractivity contribution < 1.29 is 19.4 Å². The summed E-state index contributed by atoms with van der Waals surface area (Å²) in [6.45, 7) is 12.5. The van der Waals surface area contributed by atoms with Gasteiger partial charge in [0.1, 0.15) is 16.5 Å². The summed E-state index contributed by atoms with van der Waals surface area (Å²) in [6.07, 6.45) is 5.78. The van der Waals surface area contributed by atoms with Gasteiger partial charge in [-0.25, -0.2) is 4.98 Å². The van der Waals surface area contributed by atoms with E-state index in [1.807, 2.05) is 18.2 Å². The number of nitrogens with one attached hydrogen (secondary N) is 1. The third-order valence-corrected chi connectivity index (χ3v) is 4.32. The Kier molecular flexibility index (Phi) is 14.4. The molecule has 0 aliphatic carbocycles. The van der Waals surface area contributed by atoms with Crippen LogP contribution in [0.5, 0.6) is 11.5 Å². The summed E-state index contributed by atoms with van der Waals surface area (Å²) in [5, 5.41) is 13.2. The van der Waals surface area contributed by atoms with E-state index >= 15 is 0 Å². The van der Waals surface area contributed by atoms with Crippen LogP contribution in [0.15, 0.2) is 60.7 Å². The molecule has 1 aromatic heterocycles. The van der Waals surface area contributed by atoms with Gasteiger partial charge in [-0.2, -0.15) is 0 Å². The van der Waals surface area contributed by atoms with Gasteiger partial charge in [0.05, 0.1) is 25.5 Å². The predicted octanol–water partition coefficient (Wildman–Crippen LogP) is 4.77. The first-order valence-electron chi connectivity index (χ1n) is 9.40. The largest absolute Gasteiger partial charge is 0.497 e. The number of methoxy groups -OCH3 is 2. The second kappa shape index (κ2) is 16.0. The fourth-order valence-electron chi connectivity index (χ4n) is 2.06. The Morgan fingerprint density at radius 1 is 1.27 bits per heavy atom.